The van der Waals surface area contributed by atoms with E-state index in [1.807, 2.05) is 25.7 Å². The monoisotopic (exact) mass is 478 g/mol. The second kappa shape index (κ2) is 9.00. The van der Waals surface area contributed by atoms with Crippen molar-refractivity contribution in [2.45, 2.75) is 52.0 Å². The summed E-state index contributed by atoms with van der Waals surface area (Å²) in [4.78, 5) is 15.7. The molecule has 5 rings (SSSR count). The zero-order valence-corrected chi connectivity index (χ0v) is 20.0. The van der Waals surface area contributed by atoms with Gasteiger partial charge in [-0.25, -0.2) is 18.7 Å². The molecule has 0 radical (unpaired) electrons. The number of nitrogens with zero attached hydrogens (tertiary/aromatic N) is 4. The van der Waals surface area contributed by atoms with Crippen LogP contribution < -0.4 is 4.90 Å². The molecular weight excluding hydrogens is 450 g/mol. The Morgan fingerprint density at radius 3 is 2.69 bits per heavy atom. The topological polar surface area (TPSA) is 82.4 Å². The number of aromatic hydroxyl groups is 1. The summed E-state index contributed by atoms with van der Waals surface area (Å²) in [6, 6.07) is 5.80. The van der Waals surface area contributed by atoms with Gasteiger partial charge in [0.15, 0.2) is 5.82 Å². The minimum atomic E-state index is -0.647. The Hall–Kier alpha value is -3.39. The number of phenolic OH excluding ortho intramolecular Hbond substituents is 1. The molecule has 8 heteroatoms. The molecule has 6 nitrogen and oxygen atoms in total. The van der Waals surface area contributed by atoms with Crippen molar-refractivity contribution in [3.63, 3.8) is 0 Å². The third kappa shape index (κ3) is 3.86. The number of rotatable bonds is 5. The lowest BCUT2D eigenvalue weighted by Crippen LogP contribution is -2.33. The third-order valence-corrected chi connectivity index (χ3v) is 6.82. The number of pyridine rings is 1. The molecule has 1 atom stereocenters. The van der Waals surface area contributed by atoms with Crippen LogP contribution >= 0.6 is 0 Å². The van der Waals surface area contributed by atoms with Crippen molar-refractivity contribution in [1.82, 2.24) is 15.0 Å². The van der Waals surface area contributed by atoms with E-state index in [1.165, 1.54) is 18.2 Å². The number of anilines is 1. The molecule has 0 aliphatic carbocycles. The van der Waals surface area contributed by atoms with E-state index in [0.717, 1.165) is 12.8 Å². The van der Waals surface area contributed by atoms with Gasteiger partial charge in [0.05, 0.1) is 18.0 Å². The summed E-state index contributed by atoms with van der Waals surface area (Å²) in [5, 5.41) is 21.8. The number of halogens is 2. The van der Waals surface area contributed by atoms with Crippen LogP contribution in [0.5, 0.6) is 5.75 Å². The maximum atomic E-state index is 16.2. The molecule has 3 heterocycles. The fourth-order valence-corrected chi connectivity index (χ4v) is 5.06. The molecule has 1 aliphatic rings. The van der Waals surface area contributed by atoms with E-state index in [9.17, 15) is 14.6 Å². The lowest BCUT2D eigenvalue weighted by molar-refractivity contribution is 0.266. The fraction of sp³-hybridized carbons (Fsp3) is 0.370. The predicted molar refractivity (Wildman–Crippen MR) is 133 cm³/mol. The maximum Gasteiger partial charge on any atom is 0.175 e. The van der Waals surface area contributed by atoms with Crippen LogP contribution in [0.4, 0.5) is 14.6 Å². The van der Waals surface area contributed by atoms with Gasteiger partial charge in [-0.3, -0.25) is 4.98 Å². The van der Waals surface area contributed by atoms with E-state index in [0.29, 0.717) is 51.9 Å². The van der Waals surface area contributed by atoms with Gasteiger partial charge >= 0.3 is 0 Å². The number of aliphatic hydroxyl groups is 1. The van der Waals surface area contributed by atoms with Crippen molar-refractivity contribution in [2.24, 2.45) is 0 Å². The third-order valence-electron chi connectivity index (χ3n) is 6.82. The number of fused-ring (bicyclic) bond motifs is 2. The largest absolute Gasteiger partial charge is 0.508 e. The van der Waals surface area contributed by atoms with Crippen molar-refractivity contribution >= 4 is 27.5 Å². The highest BCUT2D eigenvalue weighted by molar-refractivity contribution is 6.01. The van der Waals surface area contributed by atoms with Gasteiger partial charge in [-0.2, -0.15) is 0 Å². The van der Waals surface area contributed by atoms with E-state index in [2.05, 4.69) is 9.97 Å². The molecule has 0 spiro atoms. The highest BCUT2D eigenvalue weighted by atomic mass is 19.1. The number of benzene rings is 2. The fourth-order valence-electron chi connectivity index (χ4n) is 5.06. The van der Waals surface area contributed by atoms with Crippen molar-refractivity contribution in [2.75, 3.05) is 18.1 Å². The highest BCUT2D eigenvalue weighted by Crippen LogP contribution is 2.39. The van der Waals surface area contributed by atoms with Gasteiger partial charge in [-0.15, -0.1) is 0 Å². The quantitative estimate of drug-likeness (QED) is 0.396. The summed E-state index contributed by atoms with van der Waals surface area (Å²) >= 11 is 0. The Morgan fingerprint density at radius 2 is 1.97 bits per heavy atom. The number of aliphatic hydroxyl groups excluding tert-OH is 1. The first kappa shape index (κ1) is 23.4. The molecule has 0 unspecified atom stereocenters. The smallest absolute Gasteiger partial charge is 0.175 e. The van der Waals surface area contributed by atoms with Crippen LogP contribution in [-0.4, -0.2) is 44.4 Å². The Bertz CT molecular complexity index is 1440. The predicted octanol–water partition coefficient (Wildman–Crippen LogP) is 5.48. The van der Waals surface area contributed by atoms with Crippen LogP contribution in [0.1, 0.15) is 50.9 Å². The first-order chi connectivity index (χ1) is 16.8. The van der Waals surface area contributed by atoms with Crippen LogP contribution in [-0.2, 0) is 6.42 Å². The van der Waals surface area contributed by atoms with Crippen molar-refractivity contribution < 1.29 is 19.0 Å². The van der Waals surface area contributed by atoms with Gasteiger partial charge in [0.2, 0.25) is 0 Å². The normalized spacial score (nSPS) is 16.2. The first-order valence-corrected chi connectivity index (χ1v) is 12.0. The molecule has 0 bridgehead atoms. The Labute approximate surface area is 202 Å². The SMILES string of the molecule is CCc1c(F)ccc2cc(O)cc(-c3ncc4c(N5CCC[C@@H]5CO)nc(C(C)C)nc4c3F)c12. The van der Waals surface area contributed by atoms with Crippen LogP contribution in [0.2, 0.25) is 0 Å². The van der Waals surface area contributed by atoms with E-state index >= 15 is 4.39 Å². The second-order valence-electron chi connectivity index (χ2n) is 9.39. The zero-order chi connectivity index (χ0) is 24.9. The molecule has 182 valence electrons. The van der Waals surface area contributed by atoms with Crippen molar-refractivity contribution in [1.29, 1.82) is 0 Å². The van der Waals surface area contributed by atoms with E-state index in [-0.39, 0.29) is 41.3 Å². The minimum Gasteiger partial charge on any atom is -0.508 e. The minimum absolute atomic E-state index is 0.00168. The maximum absolute atomic E-state index is 16.2. The number of hydrogen-bond donors (Lipinski definition) is 2. The van der Waals surface area contributed by atoms with Crippen LogP contribution in [0.3, 0.4) is 0 Å². The average molecular weight is 479 g/mol. The molecule has 0 saturated carbocycles. The number of phenols is 1. The first-order valence-electron chi connectivity index (χ1n) is 12.0. The number of hydrogen-bond acceptors (Lipinski definition) is 6. The van der Waals surface area contributed by atoms with E-state index < -0.39 is 5.82 Å². The van der Waals surface area contributed by atoms with E-state index in [1.54, 1.807) is 12.3 Å². The van der Waals surface area contributed by atoms with Gasteiger partial charge in [0, 0.05) is 24.2 Å². The summed E-state index contributed by atoms with van der Waals surface area (Å²) in [6.45, 7) is 6.40. The summed E-state index contributed by atoms with van der Waals surface area (Å²) in [5.74, 6) is -0.0827. The molecular formula is C27H28F2N4O2. The standard InChI is InChI=1S/C27H28F2N4O2/c1-4-18-21(28)8-7-15-10-17(35)11-19(22(15)18)24-23(29)25-20(12-30-24)27(32-26(31-25)14(2)3)33-9-5-6-16(33)13-34/h7-8,10-12,14,16,34-35H,4-6,9,13H2,1-3H3/t16-/m1/s1. The van der Waals surface area contributed by atoms with Crippen LogP contribution in [0, 0.1) is 11.6 Å². The molecule has 2 aromatic heterocycles. The Kier molecular flexibility index (Phi) is 6.01. The summed E-state index contributed by atoms with van der Waals surface area (Å²) in [6.07, 6.45) is 3.67. The van der Waals surface area contributed by atoms with Gasteiger partial charge in [0.1, 0.15) is 34.4 Å². The lowest BCUT2D eigenvalue weighted by Gasteiger charge is -2.26. The van der Waals surface area contributed by atoms with Gasteiger partial charge in [-0.05, 0) is 53.8 Å². The van der Waals surface area contributed by atoms with Gasteiger partial charge in [0.25, 0.3) is 0 Å². The van der Waals surface area contributed by atoms with E-state index in [4.69, 9.17) is 4.98 Å². The Balaban J connectivity index is 1.81. The number of aromatic nitrogens is 3. The molecule has 4 aromatic rings. The lowest BCUT2D eigenvalue weighted by atomic mass is 9.94. The molecule has 2 N–H and O–H groups in total. The van der Waals surface area contributed by atoms with Crippen molar-refractivity contribution in [3.8, 4) is 17.0 Å². The molecule has 1 saturated heterocycles. The van der Waals surface area contributed by atoms with Crippen LogP contribution in [0.25, 0.3) is 32.9 Å². The number of aryl methyl sites for hydroxylation is 1. The van der Waals surface area contributed by atoms with Crippen molar-refractivity contribution in [3.05, 3.63) is 53.5 Å². The second-order valence-corrected chi connectivity index (χ2v) is 9.39. The summed E-state index contributed by atoms with van der Waals surface area (Å²) < 4.78 is 30.9. The average Bonchev–Trinajstić information content (AvgIpc) is 3.32. The molecule has 1 aliphatic heterocycles. The summed E-state index contributed by atoms with van der Waals surface area (Å²) in [5.41, 5.74) is 0.876. The highest BCUT2D eigenvalue weighted by Gasteiger charge is 2.29. The Morgan fingerprint density at radius 1 is 1.17 bits per heavy atom. The molecule has 2 aromatic carbocycles. The molecule has 0 amide bonds. The zero-order valence-electron chi connectivity index (χ0n) is 20.0. The van der Waals surface area contributed by atoms with Gasteiger partial charge < -0.3 is 15.1 Å². The van der Waals surface area contributed by atoms with Crippen LogP contribution in [0.15, 0.2) is 30.5 Å². The van der Waals surface area contributed by atoms with Gasteiger partial charge in [-0.1, -0.05) is 26.8 Å². The summed E-state index contributed by atoms with van der Waals surface area (Å²) in [7, 11) is 0. The molecule has 35 heavy (non-hydrogen) atoms. The molecule has 1 fully saturated rings.